The molecule has 0 bridgehead atoms. The zero-order valence-corrected chi connectivity index (χ0v) is 10.4. The summed E-state index contributed by atoms with van der Waals surface area (Å²) >= 11 is 0. The summed E-state index contributed by atoms with van der Waals surface area (Å²) in [6, 6.07) is 3.37. The maximum Gasteiger partial charge on any atom is 0.309 e. The summed E-state index contributed by atoms with van der Waals surface area (Å²) in [6.45, 7) is 4.07. The third-order valence-corrected chi connectivity index (χ3v) is 2.98. The van der Waals surface area contributed by atoms with Crippen molar-refractivity contribution < 1.29 is 24.5 Å². The van der Waals surface area contributed by atoms with Crippen LogP contribution in [0.2, 0.25) is 0 Å². The Labute approximate surface area is 105 Å². The molecule has 0 saturated carbocycles. The van der Waals surface area contributed by atoms with Crippen LogP contribution in [0.25, 0.3) is 0 Å². The molecule has 0 spiro atoms. The maximum atomic E-state index is 11.1. The third-order valence-electron chi connectivity index (χ3n) is 2.98. The molecule has 2 N–H and O–H groups in total. The molecule has 0 saturated heterocycles. The number of rotatable bonds is 3. The van der Waals surface area contributed by atoms with Gasteiger partial charge in [-0.1, -0.05) is 6.07 Å². The zero-order chi connectivity index (χ0) is 13.3. The van der Waals surface area contributed by atoms with Crippen molar-refractivity contribution in [2.45, 2.75) is 20.3 Å². The molecule has 0 atom stereocenters. The summed E-state index contributed by atoms with van der Waals surface area (Å²) in [5, 5.41) is 19.2. The molecule has 1 aliphatic heterocycles. The molecule has 1 aromatic carbocycles. The first-order valence-corrected chi connectivity index (χ1v) is 5.75. The smallest absolute Gasteiger partial charge is 0.309 e. The topological polar surface area (TPSA) is 76.0 Å². The van der Waals surface area contributed by atoms with Gasteiger partial charge in [0.2, 0.25) is 5.75 Å². The Morgan fingerprint density at radius 3 is 2.67 bits per heavy atom. The standard InChI is InChI=1S/C13H16O5/c1-13(2,12(15)16)7-8-3-4-9-11(10(8)14)18-6-5-17-9/h3-4,14H,5-7H2,1-2H3,(H,15,16). The van der Waals surface area contributed by atoms with Gasteiger partial charge in [-0.05, 0) is 31.9 Å². The molecule has 0 radical (unpaired) electrons. The zero-order valence-electron chi connectivity index (χ0n) is 10.4. The SMILES string of the molecule is CC(C)(Cc1ccc2c(c1O)OCCO2)C(=O)O. The van der Waals surface area contributed by atoms with Gasteiger partial charge < -0.3 is 19.7 Å². The highest BCUT2D eigenvalue weighted by atomic mass is 16.6. The van der Waals surface area contributed by atoms with Crippen LogP contribution < -0.4 is 9.47 Å². The van der Waals surface area contributed by atoms with Crippen molar-refractivity contribution >= 4 is 5.97 Å². The van der Waals surface area contributed by atoms with Crippen LogP contribution in [0.3, 0.4) is 0 Å². The van der Waals surface area contributed by atoms with Crippen molar-refractivity contribution in [1.82, 2.24) is 0 Å². The molecule has 18 heavy (non-hydrogen) atoms. The Morgan fingerprint density at radius 1 is 1.33 bits per heavy atom. The Balaban J connectivity index is 2.33. The van der Waals surface area contributed by atoms with Gasteiger partial charge in [0.15, 0.2) is 11.5 Å². The highest BCUT2D eigenvalue weighted by molar-refractivity contribution is 5.74. The van der Waals surface area contributed by atoms with Gasteiger partial charge in [0.1, 0.15) is 13.2 Å². The minimum absolute atomic E-state index is 0.0264. The van der Waals surface area contributed by atoms with Crippen molar-refractivity contribution in [2.75, 3.05) is 13.2 Å². The van der Waals surface area contributed by atoms with Crippen LogP contribution in [0.15, 0.2) is 12.1 Å². The Hall–Kier alpha value is -1.91. The van der Waals surface area contributed by atoms with E-state index in [9.17, 15) is 9.90 Å². The third kappa shape index (κ3) is 2.20. The minimum Gasteiger partial charge on any atom is -0.504 e. The van der Waals surface area contributed by atoms with E-state index in [4.69, 9.17) is 14.6 Å². The fourth-order valence-corrected chi connectivity index (χ4v) is 1.84. The summed E-state index contributed by atoms with van der Waals surface area (Å²) in [5.74, 6) is -0.131. The number of hydrogen-bond donors (Lipinski definition) is 2. The Morgan fingerprint density at radius 2 is 2.00 bits per heavy atom. The highest BCUT2D eigenvalue weighted by Crippen LogP contribution is 2.42. The normalized spacial score (nSPS) is 14.3. The fraction of sp³-hybridized carbons (Fsp3) is 0.462. The second-order valence-corrected chi connectivity index (χ2v) is 4.96. The molecule has 1 aliphatic rings. The van der Waals surface area contributed by atoms with Crippen molar-refractivity contribution in [3.8, 4) is 17.2 Å². The van der Waals surface area contributed by atoms with Gasteiger partial charge in [0, 0.05) is 0 Å². The summed E-state index contributed by atoms with van der Waals surface area (Å²) in [6.07, 6.45) is 0.227. The molecule has 0 fully saturated rings. The van der Waals surface area contributed by atoms with Crippen LogP contribution in [0.5, 0.6) is 17.2 Å². The molecule has 1 heterocycles. The van der Waals surface area contributed by atoms with E-state index in [0.29, 0.717) is 30.3 Å². The second kappa shape index (κ2) is 4.40. The van der Waals surface area contributed by atoms with Crippen molar-refractivity contribution in [2.24, 2.45) is 5.41 Å². The number of ether oxygens (including phenoxy) is 2. The molecule has 0 aromatic heterocycles. The van der Waals surface area contributed by atoms with Gasteiger partial charge in [0.25, 0.3) is 0 Å². The molecule has 0 aliphatic carbocycles. The van der Waals surface area contributed by atoms with Crippen LogP contribution in [0.1, 0.15) is 19.4 Å². The lowest BCUT2D eigenvalue weighted by Gasteiger charge is -2.23. The van der Waals surface area contributed by atoms with E-state index in [-0.39, 0.29) is 12.2 Å². The van der Waals surface area contributed by atoms with Gasteiger partial charge in [-0.3, -0.25) is 4.79 Å². The van der Waals surface area contributed by atoms with E-state index in [2.05, 4.69) is 0 Å². The number of aliphatic carboxylic acids is 1. The second-order valence-electron chi connectivity index (χ2n) is 4.96. The van der Waals surface area contributed by atoms with Gasteiger partial charge in [-0.25, -0.2) is 0 Å². The molecular weight excluding hydrogens is 236 g/mol. The first-order chi connectivity index (χ1) is 8.42. The van der Waals surface area contributed by atoms with E-state index in [1.54, 1.807) is 26.0 Å². The number of carboxylic acids is 1. The lowest BCUT2D eigenvalue weighted by molar-refractivity contribution is -0.146. The van der Waals surface area contributed by atoms with Crippen molar-refractivity contribution in [3.63, 3.8) is 0 Å². The number of hydrogen-bond acceptors (Lipinski definition) is 4. The molecule has 5 heteroatoms. The average molecular weight is 252 g/mol. The summed E-state index contributed by atoms with van der Waals surface area (Å²) in [5.41, 5.74) is -0.395. The van der Waals surface area contributed by atoms with Crippen molar-refractivity contribution in [1.29, 1.82) is 0 Å². The summed E-state index contributed by atoms with van der Waals surface area (Å²) < 4.78 is 10.7. The van der Waals surface area contributed by atoms with Crippen LogP contribution in [-0.4, -0.2) is 29.4 Å². The van der Waals surface area contributed by atoms with Gasteiger partial charge in [0.05, 0.1) is 5.41 Å². The number of benzene rings is 1. The van der Waals surface area contributed by atoms with Crippen LogP contribution in [-0.2, 0) is 11.2 Å². The van der Waals surface area contributed by atoms with Crippen molar-refractivity contribution in [3.05, 3.63) is 17.7 Å². The molecule has 0 unspecified atom stereocenters. The molecule has 5 nitrogen and oxygen atoms in total. The maximum absolute atomic E-state index is 11.1. The molecule has 0 amide bonds. The average Bonchev–Trinajstić information content (AvgIpc) is 2.33. The summed E-state index contributed by atoms with van der Waals surface area (Å²) in [7, 11) is 0. The number of carbonyl (C=O) groups is 1. The largest absolute Gasteiger partial charge is 0.504 e. The van der Waals surface area contributed by atoms with E-state index in [0.717, 1.165) is 0 Å². The Kier molecular flexibility index (Phi) is 3.07. The molecule has 1 aromatic rings. The van der Waals surface area contributed by atoms with E-state index < -0.39 is 11.4 Å². The number of aromatic hydroxyl groups is 1. The quantitative estimate of drug-likeness (QED) is 0.858. The monoisotopic (exact) mass is 252 g/mol. The first kappa shape index (κ1) is 12.5. The lowest BCUT2D eigenvalue weighted by atomic mass is 9.85. The van der Waals surface area contributed by atoms with Gasteiger partial charge in [-0.15, -0.1) is 0 Å². The highest BCUT2D eigenvalue weighted by Gasteiger charge is 2.30. The molecule has 2 rings (SSSR count). The predicted molar refractivity (Wildman–Crippen MR) is 64.2 cm³/mol. The van der Waals surface area contributed by atoms with E-state index in [1.165, 1.54) is 0 Å². The first-order valence-electron chi connectivity index (χ1n) is 5.75. The van der Waals surface area contributed by atoms with Gasteiger partial charge >= 0.3 is 5.97 Å². The number of fused-ring (bicyclic) bond motifs is 1. The van der Waals surface area contributed by atoms with E-state index in [1.807, 2.05) is 0 Å². The van der Waals surface area contributed by atoms with Crippen LogP contribution in [0.4, 0.5) is 0 Å². The van der Waals surface area contributed by atoms with Gasteiger partial charge in [-0.2, -0.15) is 0 Å². The number of carboxylic acid groups (broad SMARTS) is 1. The summed E-state index contributed by atoms with van der Waals surface area (Å²) in [4.78, 5) is 11.1. The lowest BCUT2D eigenvalue weighted by Crippen LogP contribution is -2.26. The predicted octanol–water partition coefficient (Wildman–Crippen LogP) is 1.82. The minimum atomic E-state index is -0.943. The number of phenols is 1. The number of phenolic OH excluding ortho intramolecular Hbond substituents is 1. The molecular formula is C13H16O5. The van der Waals surface area contributed by atoms with Crippen LogP contribution in [0, 0.1) is 5.41 Å². The Bertz CT molecular complexity index is 479. The van der Waals surface area contributed by atoms with E-state index >= 15 is 0 Å². The molecule has 98 valence electrons. The van der Waals surface area contributed by atoms with Crippen LogP contribution >= 0.6 is 0 Å². The fourth-order valence-electron chi connectivity index (χ4n) is 1.84.